The number of aliphatic imine (C=N–C) groups is 1. The summed E-state index contributed by atoms with van der Waals surface area (Å²) in [5.74, 6) is 0.888. The third kappa shape index (κ3) is 1.99. The van der Waals surface area contributed by atoms with Crippen molar-refractivity contribution in [2.45, 2.75) is 0 Å². The summed E-state index contributed by atoms with van der Waals surface area (Å²) in [7, 11) is 3.46. The number of methoxy groups -OCH3 is 1. The number of hydrogen-bond acceptors (Lipinski definition) is 2. The first-order chi connectivity index (χ1) is 7.33. The fraction of sp³-hybridized carbons (Fsp3) is 0.154. The minimum absolute atomic E-state index is 0.888. The zero-order chi connectivity index (χ0) is 10.7. The van der Waals surface area contributed by atoms with Crippen LogP contribution in [0.2, 0.25) is 0 Å². The van der Waals surface area contributed by atoms with Crippen molar-refractivity contribution in [3.8, 4) is 5.75 Å². The molecule has 0 aliphatic carbocycles. The molecule has 0 bridgehead atoms. The Morgan fingerprint density at radius 1 is 1.07 bits per heavy atom. The Hall–Kier alpha value is -1.83. The van der Waals surface area contributed by atoms with E-state index in [0.717, 1.165) is 11.3 Å². The van der Waals surface area contributed by atoms with Crippen LogP contribution in [0.25, 0.3) is 10.8 Å². The van der Waals surface area contributed by atoms with Gasteiger partial charge in [-0.25, -0.2) is 0 Å². The summed E-state index contributed by atoms with van der Waals surface area (Å²) >= 11 is 0. The third-order valence-corrected chi connectivity index (χ3v) is 2.35. The Balaban J connectivity index is 2.54. The fourth-order valence-corrected chi connectivity index (χ4v) is 1.60. The smallest absolute Gasteiger partial charge is 0.119 e. The lowest BCUT2D eigenvalue weighted by molar-refractivity contribution is 0.415. The second kappa shape index (κ2) is 4.13. The van der Waals surface area contributed by atoms with Crippen molar-refractivity contribution in [1.82, 2.24) is 0 Å². The quantitative estimate of drug-likeness (QED) is 0.681. The monoisotopic (exact) mass is 199 g/mol. The summed E-state index contributed by atoms with van der Waals surface area (Å²) in [5.41, 5.74) is 1.12. The van der Waals surface area contributed by atoms with E-state index in [9.17, 15) is 0 Å². The van der Waals surface area contributed by atoms with Gasteiger partial charge in [-0.15, -0.1) is 0 Å². The minimum Gasteiger partial charge on any atom is -0.497 e. The van der Waals surface area contributed by atoms with Crippen LogP contribution in [0.5, 0.6) is 5.75 Å². The molecule has 0 saturated carbocycles. The Labute approximate surface area is 89.2 Å². The van der Waals surface area contributed by atoms with Gasteiger partial charge in [0.05, 0.1) is 7.11 Å². The molecule has 15 heavy (non-hydrogen) atoms. The average Bonchev–Trinajstić information content (AvgIpc) is 2.29. The maximum Gasteiger partial charge on any atom is 0.119 e. The van der Waals surface area contributed by atoms with Gasteiger partial charge >= 0.3 is 0 Å². The maximum absolute atomic E-state index is 5.17. The molecule has 0 saturated heterocycles. The van der Waals surface area contributed by atoms with E-state index >= 15 is 0 Å². The van der Waals surface area contributed by atoms with E-state index in [0.29, 0.717) is 0 Å². The normalized spacial score (nSPS) is 11.1. The Morgan fingerprint density at radius 2 is 1.80 bits per heavy atom. The van der Waals surface area contributed by atoms with Gasteiger partial charge in [-0.1, -0.05) is 18.2 Å². The van der Waals surface area contributed by atoms with Crippen molar-refractivity contribution in [2.24, 2.45) is 4.99 Å². The summed E-state index contributed by atoms with van der Waals surface area (Å²) < 4.78 is 5.17. The van der Waals surface area contributed by atoms with E-state index in [-0.39, 0.29) is 0 Å². The third-order valence-electron chi connectivity index (χ3n) is 2.35. The highest BCUT2D eigenvalue weighted by atomic mass is 16.5. The lowest BCUT2D eigenvalue weighted by Crippen LogP contribution is -1.84. The molecule has 2 aromatic carbocycles. The molecule has 0 atom stereocenters. The maximum atomic E-state index is 5.17. The van der Waals surface area contributed by atoms with Crippen LogP contribution < -0.4 is 4.74 Å². The van der Waals surface area contributed by atoms with Gasteiger partial charge in [0, 0.05) is 13.3 Å². The second-order valence-corrected chi connectivity index (χ2v) is 3.36. The molecule has 76 valence electrons. The molecule has 0 N–H and O–H groups in total. The molecule has 2 nitrogen and oxygen atoms in total. The second-order valence-electron chi connectivity index (χ2n) is 3.36. The van der Waals surface area contributed by atoms with Gasteiger partial charge in [-0.3, -0.25) is 4.99 Å². The van der Waals surface area contributed by atoms with E-state index < -0.39 is 0 Å². The summed E-state index contributed by atoms with van der Waals surface area (Å²) in [6, 6.07) is 12.3. The first kappa shape index (κ1) is 9.71. The summed E-state index contributed by atoms with van der Waals surface area (Å²) in [6.45, 7) is 0. The SMILES string of the molecule is C/N=C\c1ccc2cc(OC)ccc2c1. The van der Waals surface area contributed by atoms with E-state index in [1.54, 1.807) is 14.2 Å². The Kier molecular flexibility index (Phi) is 2.68. The van der Waals surface area contributed by atoms with Crippen molar-refractivity contribution in [2.75, 3.05) is 14.2 Å². The number of nitrogens with zero attached hydrogens (tertiary/aromatic N) is 1. The number of benzene rings is 2. The van der Waals surface area contributed by atoms with E-state index in [1.165, 1.54) is 10.8 Å². The van der Waals surface area contributed by atoms with Crippen molar-refractivity contribution in [3.05, 3.63) is 42.0 Å². The molecule has 0 unspecified atom stereocenters. The lowest BCUT2D eigenvalue weighted by Gasteiger charge is -2.03. The van der Waals surface area contributed by atoms with Gasteiger partial charge in [-0.2, -0.15) is 0 Å². The van der Waals surface area contributed by atoms with Gasteiger partial charge < -0.3 is 4.74 Å². The van der Waals surface area contributed by atoms with Gasteiger partial charge in [-0.05, 0) is 34.5 Å². The van der Waals surface area contributed by atoms with Crippen LogP contribution in [0.3, 0.4) is 0 Å². The summed E-state index contributed by atoms with van der Waals surface area (Å²) in [6.07, 6.45) is 1.85. The van der Waals surface area contributed by atoms with E-state index in [2.05, 4.69) is 29.3 Å². The molecule has 2 rings (SSSR count). The lowest BCUT2D eigenvalue weighted by atomic mass is 10.1. The Morgan fingerprint density at radius 3 is 2.53 bits per heavy atom. The van der Waals surface area contributed by atoms with Crippen LogP contribution in [0, 0.1) is 0 Å². The minimum atomic E-state index is 0.888. The summed E-state index contributed by atoms with van der Waals surface area (Å²) in [4.78, 5) is 4.00. The molecule has 2 aromatic rings. The molecule has 0 aliphatic rings. The first-order valence-electron chi connectivity index (χ1n) is 4.83. The number of fused-ring (bicyclic) bond motifs is 1. The number of rotatable bonds is 2. The van der Waals surface area contributed by atoms with Crippen LogP contribution in [-0.2, 0) is 0 Å². The molecular formula is C13H13NO. The van der Waals surface area contributed by atoms with Crippen molar-refractivity contribution in [1.29, 1.82) is 0 Å². The molecule has 0 radical (unpaired) electrons. The molecule has 0 amide bonds. The van der Waals surface area contributed by atoms with Crippen LogP contribution in [0.15, 0.2) is 41.4 Å². The van der Waals surface area contributed by atoms with Crippen molar-refractivity contribution < 1.29 is 4.74 Å². The largest absolute Gasteiger partial charge is 0.497 e. The molecule has 0 spiro atoms. The van der Waals surface area contributed by atoms with E-state index in [4.69, 9.17) is 4.74 Å². The Bertz CT molecular complexity index is 503. The van der Waals surface area contributed by atoms with Crippen LogP contribution in [-0.4, -0.2) is 20.4 Å². The molecular weight excluding hydrogens is 186 g/mol. The average molecular weight is 199 g/mol. The van der Waals surface area contributed by atoms with Gasteiger partial charge in [0.25, 0.3) is 0 Å². The van der Waals surface area contributed by atoms with Crippen molar-refractivity contribution >= 4 is 17.0 Å². The molecule has 2 heteroatoms. The van der Waals surface area contributed by atoms with Gasteiger partial charge in [0.15, 0.2) is 0 Å². The standard InChI is InChI=1S/C13H13NO/c1-14-9-10-3-4-12-8-13(15-2)6-5-11(12)7-10/h3-9H,1-2H3/b14-9-. The summed E-state index contributed by atoms with van der Waals surface area (Å²) in [5, 5.41) is 2.39. The van der Waals surface area contributed by atoms with Crippen LogP contribution in [0.1, 0.15) is 5.56 Å². The predicted octanol–water partition coefficient (Wildman–Crippen LogP) is 2.90. The highest BCUT2D eigenvalue weighted by Gasteiger charge is 1.96. The zero-order valence-corrected chi connectivity index (χ0v) is 8.90. The topological polar surface area (TPSA) is 21.6 Å². The van der Waals surface area contributed by atoms with E-state index in [1.807, 2.05) is 18.3 Å². The first-order valence-corrected chi connectivity index (χ1v) is 4.83. The molecule has 0 aliphatic heterocycles. The van der Waals surface area contributed by atoms with Gasteiger partial charge in [0.2, 0.25) is 0 Å². The zero-order valence-electron chi connectivity index (χ0n) is 8.90. The van der Waals surface area contributed by atoms with Crippen LogP contribution in [0.4, 0.5) is 0 Å². The number of ether oxygens (including phenoxy) is 1. The number of hydrogen-bond donors (Lipinski definition) is 0. The van der Waals surface area contributed by atoms with Crippen molar-refractivity contribution in [3.63, 3.8) is 0 Å². The molecule has 0 fully saturated rings. The van der Waals surface area contributed by atoms with Crippen LogP contribution >= 0.6 is 0 Å². The predicted molar refractivity (Wildman–Crippen MR) is 64.0 cm³/mol. The molecule has 0 aromatic heterocycles. The molecule has 0 heterocycles. The highest BCUT2D eigenvalue weighted by molar-refractivity contribution is 5.91. The highest BCUT2D eigenvalue weighted by Crippen LogP contribution is 2.21. The fourth-order valence-electron chi connectivity index (χ4n) is 1.60. The van der Waals surface area contributed by atoms with Gasteiger partial charge in [0.1, 0.15) is 5.75 Å².